The smallest absolute Gasteiger partial charge is 0.249 e. The molecule has 2 aliphatic rings. The summed E-state index contributed by atoms with van der Waals surface area (Å²) in [5, 5.41) is 6.42. The van der Waals surface area contributed by atoms with Gasteiger partial charge in [0, 0.05) is 6.54 Å². The van der Waals surface area contributed by atoms with E-state index in [0.717, 1.165) is 51.2 Å². The van der Waals surface area contributed by atoms with Crippen LogP contribution in [0, 0.1) is 5.92 Å². The van der Waals surface area contributed by atoms with Crippen LogP contribution in [0.2, 0.25) is 0 Å². The fourth-order valence-corrected chi connectivity index (χ4v) is 3.25. The first-order valence-electron chi connectivity index (χ1n) is 8.43. The molecular weight excluding hydrogens is 252 g/mol. The predicted molar refractivity (Wildman–Crippen MR) is 80.6 cm³/mol. The molecule has 0 bridgehead atoms. The van der Waals surface area contributed by atoms with Crippen molar-refractivity contribution in [2.24, 2.45) is 5.92 Å². The van der Waals surface area contributed by atoms with Crippen LogP contribution in [0.3, 0.4) is 0 Å². The Bertz CT molecular complexity index is 284. The average molecular weight is 282 g/mol. The fourth-order valence-electron chi connectivity index (χ4n) is 3.25. The Balaban J connectivity index is 1.65. The van der Waals surface area contributed by atoms with Gasteiger partial charge in [0.1, 0.15) is 6.10 Å². The Morgan fingerprint density at radius 1 is 1.30 bits per heavy atom. The number of rotatable bonds is 7. The Kier molecular flexibility index (Phi) is 6.80. The second kappa shape index (κ2) is 8.63. The molecule has 0 aromatic carbocycles. The van der Waals surface area contributed by atoms with Crippen LogP contribution in [-0.2, 0) is 9.53 Å². The summed E-state index contributed by atoms with van der Waals surface area (Å²) >= 11 is 0. The lowest BCUT2D eigenvalue weighted by atomic mass is 9.97. The highest BCUT2D eigenvalue weighted by molar-refractivity contribution is 5.80. The average Bonchev–Trinajstić information content (AvgIpc) is 2.99. The normalized spacial score (nSPS) is 25.6. The zero-order valence-corrected chi connectivity index (χ0v) is 12.8. The first kappa shape index (κ1) is 15.8. The third-order valence-corrected chi connectivity index (χ3v) is 4.59. The van der Waals surface area contributed by atoms with Gasteiger partial charge in [0.05, 0.1) is 6.10 Å². The minimum Gasteiger partial charge on any atom is -0.365 e. The molecule has 4 nitrogen and oxygen atoms in total. The van der Waals surface area contributed by atoms with E-state index in [-0.39, 0.29) is 12.0 Å². The highest BCUT2D eigenvalue weighted by Crippen LogP contribution is 2.22. The molecule has 0 radical (unpaired) electrons. The minimum absolute atomic E-state index is 0.0871. The van der Waals surface area contributed by atoms with Crippen molar-refractivity contribution in [2.45, 2.75) is 70.5 Å². The van der Waals surface area contributed by atoms with Gasteiger partial charge in [-0.15, -0.1) is 0 Å². The largest absolute Gasteiger partial charge is 0.365 e. The molecule has 20 heavy (non-hydrogen) atoms. The number of hydrogen-bond acceptors (Lipinski definition) is 3. The van der Waals surface area contributed by atoms with Gasteiger partial charge in [-0.3, -0.25) is 4.79 Å². The molecule has 0 spiro atoms. The SMILES string of the molecule is CCC(OC1CCCCC1)C(=O)NCCC1CCNC1. The van der Waals surface area contributed by atoms with Crippen LogP contribution in [0.15, 0.2) is 0 Å². The van der Waals surface area contributed by atoms with Crippen LogP contribution in [0.4, 0.5) is 0 Å². The molecule has 2 atom stereocenters. The molecule has 2 N–H and O–H groups in total. The summed E-state index contributed by atoms with van der Waals surface area (Å²) in [6.45, 7) is 5.05. The molecule has 1 saturated carbocycles. The molecule has 1 aliphatic carbocycles. The number of hydrogen-bond donors (Lipinski definition) is 2. The molecule has 1 amide bonds. The van der Waals surface area contributed by atoms with Crippen LogP contribution in [0.25, 0.3) is 0 Å². The molecule has 2 fully saturated rings. The van der Waals surface area contributed by atoms with Crippen LogP contribution in [0.5, 0.6) is 0 Å². The molecular formula is C16H30N2O2. The van der Waals surface area contributed by atoms with Gasteiger partial charge in [-0.05, 0) is 51.1 Å². The lowest BCUT2D eigenvalue weighted by molar-refractivity contribution is -0.138. The number of nitrogens with one attached hydrogen (secondary N) is 2. The van der Waals surface area contributed by atoms with Crippen molar-refractivity contribution < 1.29 is 9.53 Å². The number of carbonyl (C=O) groups excluding carboxylic acids is 1. The van der Waals surface area contributed by atoms with E-state index in [2.05, 4.69) is 10.6 Å². The monoisotopic (exact) mass is 282 g/mol. The van der Waals surface area contributed by atoms with Crippen LogP contribution < -0.4 is 10.6 Å². The molecule has 1 aliphatic heterocycles. The van der Waals surface area contributed by atoms with Gasteiger partial charge in [-0.1, -0.05) is 26.2 Å². The Hall–Kier alpha value is -0.610. The summed E-state index contributed by atoms with van der Waals surface area (Å²) in [4.78, 5) is 12.2. The van der Waals surface area contributed by atoms with Crippen molar-refractivity contribution >= 4 is 5.91 Å². The predicted octanol–water partition coefficient (Wildman–Crippen LogP) is 2.23. The highest BCUT2D eigenvalue weighted by Gasteiger charge is 2.23. The zero-order valence-electron chi connectivity index (χ0n) is 12.8. The fraction of sp³-hybridized carbons (Fsp3) is 0.938. The van der Waals surface area contributed by atoms with Crippen LogP contribution in [0.1, 0.15) is 58.3 Å². The standard InChI is InChI=1S/C16H30N2O2/c1-2-15(20-14-6-4-3-5-7-14)16(19)18-11-9-13-8-10-17-12-13/h13-15,17H,2-12H2,1H3,(H,18,19). The van der Waals surface area contributed by atoms with Crippen molar-refractivity contribution in [3.63, 3.8) is 0 Å². The Labute approximate surface area is 123 Å². The quantitative estimate of drug-likeness (QED) is 0.753. The summed E-state index contributed by atoms with van der Waals surface area (Å²) in [7, 11) is 0. The van der Waals surface area contributed by atoms with E-state index >= 15 is 0 Å². The summed E-state index contributed by atoms with van der Waals surface area (Å²) in [5.74, 6) is 0.818. The van der Waals surface area contributed by atoms with Crippen molar-refractivity contribution in [3.8, 4) is 0 Å². The zero-order chi connectivity index (χ0) is 14.2. The van der Waals surface area contributed by atoms with Crippen molar-refractivity contribution in [2.75, 3.05) is 19.6 Å². The van der Waals surface area contributed by atoms with Crippen LogP contribution >= 0.6 is 0 Å². The molecule has 4 heteroatoms. The van der Waals surface area contributed by atoms with E-state index in [1.54, 1.807) is 0 Å². The van der Waals surface area contributed by atoms with E-state index in [9.17, 15) is 4.79 Å². The first-order valence-corrected chi connectivity index (χ1v) is 8.43. The maximum absolute atomic E-state index is 12.2. The summed E-state index contributed by atoms with van der Waals surface area (Å²) in [6, 6.07) is 0. The van der Waals surface area contributed by atoms with E-state index in [1.807, 2.05) is 6.92 Å². The molecule has 1 saturated heterocycles. The van der Waals surface area contributed by atoms with E-state index < -0.39 is 0 Å². The number of carbonyl (C=O) groups is 1. The molecule has 0 aromatic rings. The number of amides is 1. The van der Waals surface area contributed by atoms with Crippen molar-refractivity contribution in [3.05, 3.63) is 0 Å². The molecule has 116 valence electrons. The second-order valence-corrected chi connectivity index (χ2v) is 6.23. The summed E-state index contributed by atoms with van der Waals surface area (Å²) < 4.78 is 6.00. The first-order chi connectivity index (χ1) is 9.79. The number of ether oxygens (including phenoxy) is 1. The van der Waals surface area contributed by atoms with Gasteiger partial charge < -0.3 is 15.4 Å². The topological polar surface area (TPSA) is 50.4 Å². The van der Waals surface area contributed by atoms with E-state index in [1.165, 1.54) is 25.7 Å². The molecule has 0 aromatic heterocycles. The van der Waals surface area contributed by atoms with Crippen molar-refractivity contribution in [1.82, 2.24) is 10.6 Å². The van der Waals surface area contributed by atoms with Gasteiger partial charge in [0.2, 0.25) is 5.91 Å². The van der Waals surface area contributed by atoms with E-state index in [0.29, 0.717) is 6.10 Å². The lowest BCUT2D eigenvalue weighted by Crippen LogP contribution is -2.39. The highest BCUT2D eigenvalue weighted by atomic mass is 16.5. The van der Waals surface area contributed by atoms with Gasteiger partial charge in [0.15, 0.2) is 0 Å². The maximum atomic E-state index is 12.2. The third-order valence-electron chi connectivity index (χ3n) is 4.59. The van der Waals surface area contributed by atoms with Crippen LogP contribution in [-0.4, -0.2) is 37.7 Å². The molecule has 2 rings (SSSR count). The van der Waals surface area contributed by atoms with Gasteiger partial charge in [-0.25, -0.2) is 0 Å². The summed E-state index contributed by atoms with van der Waals surface area (Å²) in [6.07, 6.45) is 9.21. The molecule has 1 heterocycles. The van der Waals surface area contributed by atoms with Gasteiger partial charge in [-0.2, -0.15) is 0 Å². The minimum atomic E-state index is -0.250. The summed E-state index contributed by atoms with van der Waals surface area (Å²) in [5.41, 5.74) is 0. The maximum Gasteiger partial charge on any atom is 0.249 e. The van der Waals surface area contributed by atoms with E-state index in [4.69, 9.17) is 4.74 Å². The third kappa shape index (κ3) is 5.06. The van der Waals surface area contributed by atoms with Gasteiger partial charge >= 0.3 is 0 Å². The van der Waals surface area contributed by atoms with Gasteiger partial charge in [0.25, 0.3) is 0 Å². The Morgan fingerprint density at radius 2 is 2.10 bits per heavy atom. The second-order valence-electron chi connectivity index (χ2n) is 6.23. The lowest BCUT2D eigenvalue weighted by Gasteiger charge is -2.26. The van der Waals surface area contributed by atoms with Crippen molar-refractivity contribution in [1.29, 1.82) is 0 Å². The molecule has 2 unspecified atom stereocenters. The Morgan fingerprint density at radius 3 is 2.75 bits per heavy atom.